The van der Waals surface area contributed by atoms with Crippen molar-refractivity contribution in [2.24, 2.45) is 5.41 Å². The molecule has 0 aliphatic carbocycles. The quantitative estimate of drug-likeness (QED) is 0.621. The molecule has 1 N–H and O–H groups in total. The van der Waals surface area contributed by atoms with Crippen molar-refractivity contribution in [2.45, 2.75) is 38.7 Å². The Morgan fingerprint density at radius 1 is 1.38 bits per heavy atom. The molecule has 1 rings (SSSR count). The lowest BCUT2D eigenvalue weighted by molar-refractivity contribution is -0.0526. The lowest BCUT2D eigenvalue weighted by Gasteiger charge is -2.39. The average Bonchev–Trinajstić information content (AvgIpc) is 2.25. The van der Waals surface area contributed by atoms with Crippen LogP contribution in [-0.2, 0) is 14.3 Å². The van der Waals surface area contributed by atoms with Gasteiger partial charge in [-0.15, -0.1) is 0 Å². The van der Waals surface area contributed by atoms with E-state index in [4.69, 9.17) is 5.11 Å². The number of nitrogens with zero attached hydrogens (tertiary/aromatic N) is 1. The van der Waals surface area contributed by atoms with Crippen LogP contribution in [0.4, 0.5) is 18.0 Å². The molecule has 122 valence electrons. The van der Waals surface area contributed by atoms with Crippen LogP contribution in [0.15, 0.2) is 11.8 Å². The van der Waals surface area contributed by atoms with Gasteiger partial charge in [-0.25, -0.2) is 4.79 Å². The van der Waals surface area contributed by atoms with E-state index in [1.165, 1.54) is 0 Å². The molecule has 21 heavy (non-hydrogen) atoms. The van der Waals surface area contributed by atoms with E-state index in [-0.39, 0.29) is 13.0 Å². The molecule has 0 aromatic carbocycles. The van der Waals surface area contributed by atoms with Gasteiger partial charge in [0.15, 0.2) is 0 Å². The van der Waals surface area contributed by atoms with Gasteiger partial charge in [0.1, 0.15) is 5.76 Å². The molecule has 1 aliphatic heterocycles. The number of halogens is 3. The highest BCUT2D eigenvalue weighted by Gasteiger charge is 2.49. The van der Waals surface area contributed by atoms with Crippen molar-refractivity contribution in [3.05, 3.63) is 11.8 Å². The van der Waals surface area contributed by atoms with E-state index in [0.717, 1.165) is 11.0 Å². The predicted octanol–water partition coefficient (Wildman–Crippen LogP) is 2.53. The van der Waals surface area contributed by atoms with E-state index in [1.807, 2.05) is 0 Å². The Morgan fingerprint density at radius 2 is 1.90 bits per heavy atom. The third-order valence-corrected chi connectivity index (χ3v) is 3.91. The lowest BCUT2D eigenvalue weighted by atomic mass is 9.83. The molecule has 0 spiro atoms. The maximum Gasteiger partial charge on any atom is 0.534 e. The number of hydrogen-bond acceptors (Lipinski definition) is 4. The summed E-state index contributed by atoms with van der Waals surface area (Å²) in [5.74, 6) is -0.398. The topological polar surface area (TPSA) is 83.9 Å². The molecule has 1 heterocycles. The van der Waals surface area contributed by atoms with Gasteiger partial charge in [-0.05, 0) is 11.5 Å². The van der Waals surface area contributed by atoms with Gasteiger partial charge in [0.2, 0.25) is 0 Å². The minimum atomic E-state index is -5.74. The molecule has 1 unspecified atom stereocenters. The highest BCUT2D eigenvalue weighted by Crippen LogP contribution is 2.33. The largest absolute Gasteiger partial charge is 0.534 e. The second-order valence-corrected chi connectivity index (χ2v) is 7.19. The first-order valence-corrected chi connectivity index (χ1v) is 7.37. The summed E-state index contributed by atoms with van der Waals surface area (Å²) >= 11 is 0. The van der Waals surface area contributed by atoms with Crippen LogP contribution >= 0.6 is 0 Å². The van der Waals surface area contributed by atoms with Crippen LogP contribution in [0.25, 0.3) is 0 Å². The molecule has 6 nitrogen and oxygen atoms in total. The molecule has 0 aromatic heterocycles. The van der Waals surface area contributed by atoms with Gasteiger partial charge in [0.25, 0.3) is 0 Å². The molecule has 0 saturated heterocycles. The van der Waals surface area contributed by atoms with Crippen LogP contribution in [0.2, 0.25) is 0 Å². The summed E-state index contributed by atoms with van der Waals surface area (Å²) in [7, 11) is -5.74. The van der Waals surface area contributed by atoms with E-state index < -0.39 is 38.9 Å². The Hall–Kier alpha value is -1.45. The Kier molecular flexibility index (Phi) is 4.52. The highest BCUT2D eigenvalue weighted by molar-refractivity contribution is 7.87. The van der Waals surface area contributed by atoms with Crippen molar-refractivity contribution in [2.75, 3.05) is 6.54 Å². The smallest absolute Gasteiger partial charge is 0.465 e. The fourth-order valence-corrected chi connectivity index (χ4v) is 2.42. The number of carbonyl (C=O) groups is 1. The maximum absolute atomic E-state index is 12.3. The maximum atomic E-state index is 12.3. The summed E-state index contributed by atoms with van der Waals surface area (Å²) in [5, 5.41) is 9.08. The van der Waals surface area contributed by atoms with Crippen molar-refractivity contribution in [3.63, 3.8) is 0 Å². The average molecular weight is 331 g/mol. The third kappa shape index (κ3) is 4.02. The monoisotopic (exact) mass is 331 g/mol. The SMILES string of the molecule is CC(C)(C)C1C=C(OS(=O)(=O)C(F)(F)F)CCN1C(=O)O. The molecule has 0 aromatic rings. The first kappa shape index (κ1) is 17.6. The van der Waals surface area contributed by atoms with Crippen LogP contribution < -0.4 is 0 Å². The fraction of sp³-hybridized carbons (Fsp3) is 0.727. The van der Waals surface area contributed by atoms with Gasteiger partial charge in [0, 0.05) is 13.0 Å². The van der Waals surface area contributed by atoms with Gasteiger partial charge >= 0.3 is 21.7 Å². The number of hydrogen-bond donors (Lipinski definition) is 1. The second-order valence-electron chi connectivity index (χ2n) is 5.65. The molecular formula is C11H16F3NO5S. The Morgan fingerprint density at radius 3 is 2.29 bits per heavy atom. The van der Waals surface area contributed by atoms with E-state index in [9.17, 15) is 26.4 Å². The van der Waals surface area contributed by atoms with Crippen molar-refractivity contribution in [1.29, 1.82) is 0 Å². The Bertz CT molecular complexity index is 547. The summed E-state index contributed by atoms with van der Waals surface area (Å²) in [4.78, 5) is 12.2. The fourth-order valence-electron chi connectivity index (χ4n) is 1.91. The second kappa shape index (κ2) is 5.39. The minimum absolute atomic E-state index is 0.142. The van der Waals surface area contributed by atoms with Crippen LogP contribution in [0, 0.1) is 5.41 Å². The van der Waals surface area contributed by atoms with Gasteiger partial charge in [-0.3, -0.25) is 0 Å². The van der Waals surface area contributed by atoms with Gasteiger partial charge in [-0.1, -0.05) is 20.8 Å². The number of amides is 1. The zero-order valence-corrected chi connectivity index (χ0v) is 12.5. The van der Waals surface area contributed by atoms with E-state index in [1.54, 1.807) is 20.8 Å². The van der Waals surface area contributed by atoms with Gasteiger partial charge in [-0.2, -0.15) is 21.6 Å². The number of rotatable bonds is 2. The summed E-state index contributed by atoms with van der Waals surface area (Å²) in [6.45, 7) is 4.92. The van der Waals surface area contributed by atoms with Crippen molar-refractivity contribution >= 4 is 16.2 Å². The molecule has 10 heteroatoms. The van der Waals surface area contributed by atoms with E-state index in [0.29, 0.717) is 0 Å². The first-order valence-electron chi connectivity index (χ1n) is 5.97. The van der Waals surface area contributed by atoms with Crippen molar-refractivity contribution in [1.82, 2.24) is 4.90 Å². The standard InChI is InChI=1S/C11H16F3NO5S/c1-10(2,3)8-6-7(4-5-15(8)9(16)17)20-21(18,19)11(12,13)14/h6,8H,4-5H2,1-3H3,(H,16,17). The minimum Gasteiger partial charge on any atom is -0.465 e. The van der Waals surface area contributed by atoms with E-state index in [2.05, 4.69) is 4.18 Å². The predicted molar refractivity (Wildman–Crippen MR) is 66.7 cm³/mol. The molecule has 1 amide bonds. The molecule has 0 bridgehead atoms. The molecule has 1 aliphatic rings. The molecule has 0 fully saturated rings. The molecule has 0 saturated carbocycles. The van der Waals surface area contributed by atoms with Gasteiger partial charge in [0.05, 0.1) is 6.04 Å². The summed E-state index contributed by atoms with van der Waals surface area (Å²) in [5.41, 5.74) is -6.15. The zero-order valence-electron chi connectivity index (χ0n) is 11.6. The molecule has 0 radical (unpaired) electrons. The zero-order chi connectivity index (χ0) is 16.6. The van der Waals surface area contributed by atoms with Crippen molar-refractivity contribution in [3.8, 4) is 0 Å². The lowest BCUT2D eigenvalue weighted by Crippen LogP contribution is -2.48. The third-order valence-electron chi connectivity index (χ3n) is 2.91. The Labute approximate surface area is 120 Å². The summed E-state index contributed by atoms with van der Waals surface area (Å²) in [6, 6.07) is -0.790. The number of carboxylic acid groups (broad SMARTS) is 1. The summed E-state index contributed by atoms with van der Waals surface area (Å²) < 4.78 is 62.9. The Balaban J connectivity index is 3.09. The van der Waals surface area contributed by atoms with Crippen LogP contribution in [0.3, 0.4) is 0 Å². The number of alkyl halides is 3. The van der Waals surface area contributed by atoms with Crippen molar-refractivity contribution < 1.29 is 35.7 Å². The normalized spacial score (nSPS) is 21.0. The van der Waals surface area contributed by atoms with Gasteiger partial charge < -0.3 is 14.2 Å². The molecule has 1 atom stereocenters. The first-order chi connectivity index (χ1) is 9.25. The van der Waals surface area contributed by atoms with Crippen LogP contribution in [0.5, 0.6) is 0 Å². The van der Waals surface area contributed by atoms with Crippen LogP contribution in [0.1, 0.15) is 27.2 Å². The van der Waals surface area contributed by atoms with E-state index >= 15 is 0 Å². The molecular weight excluding hydrogens is 315 g/mol. The summed E-state index contributed by atoms with van der Waals surface area (Å²) in [6.07, 6.45) is -0.362. The highest BCUT2D eigenvalue weighted by atomic mass is 32.2. The van der Waals surface area contributed by atoms with Crippen LogP contribution in [-0.4, -0.2) is 42.6 Å².